The molecule has 0 saturated carbocycles. The third-order valence-electron chi connectivity index (χ3n) is 4.48. The summed E-state index contributed by atoms with van der Waals surface area (Å²) in [5, 5.41) is 0. The SMILES string of the molecule is CC(C)N1CCC(N(C)C(=O)/C=C/c2ccc(C(F)(F)F)cc2)C1.Cl. The first-order valence-electron chi connectivity index (χ1n) is 8.04. The van der Waals surface area contributed by atoms with Crippen molar-refractivity contribution in [2.75, 3.05) is 20.1 Å². The summed E-state index contributed by atoms with van der Waals surface area (Å²) in [6.45, 7) is 6.10. The van der Waals surface area contributed by atoms with Crippen molar-refractivity contribution in [3.63, 3.8) is 0 Å². The zero-order chi connectivity index (χ0) is 17.9. The van der Waals surface area contributed by atoms with Crippen LogP contribution in [0.15, 0.2) is 30.3 Å². The van der Waals surface area contributed by atoms with E-state index in [1.54, 1.807) is 18.0 Å². The number of benzene rings is 1. The normalized spacial score (nSPS) is 18.6. The maximum absolute atomic E-state index is 12.5. The summed E-state index contributed by atoms with van der Waals surface area (Å²) < 4.78 is 37.6. The summed E-state index contributed by atoms with van der Waals surface area (Å²) in [6.07, 6.45) is -0.438. The van der Waals surface area contributed by atoms with Gasteiger partial charge in [-0.15, -0.1) is 12.4 Å². The van der Waals surface area contributed by atoms with Crippen LogP contribution in [0.4, 0.5) is 13.2 Å². The van der Waals surface area contributed by atoms with Crippen molar-refractivity contribution in [3.8, 4) is 0 Å². The average Bonchev–Trinajstić information content (AvgIpc) is 3.01. The smallest absolute Gasteiger partial charge is 0.338 e. The molecule has 0 radical (unpaired) electrons. The number of alkyl halides is 3. The van der Waals surface area contributed by atoms with E-state index in [2.05, 4.69) is 18.7 Å². The third-order valence-corrected chi connectivity index (χ3v) is 4.48. The van der Waals surface area contributed by atoms with Gasteiger partial charge >= 0.3 is 6.18 Å². The van der Waals surface area contributed by atoms with E-state index in [0.29, 0.717) is 11.6 Å². The Morgan fingerprint density at radius 3 is 2.36 bits per heavy atom. The topological polar surface area (TPSA) is 23.6 Å². The van der Waals surface area contributed by atoms with E-state index in [1.807, 2.05) is 0 Å². The first-order chi connectivity index (χ1) is 11.2. The summed E-state index contributed by atoms with van der Waals surface area (Å²) in [5.74, 6) is -0.134. The van der Waals surface area contributed by atoms with Gasteiger partial charge in [-0.1, -0.05) is 12.1 Å². The van der Waals surface area contributed by atoms with Crippen molar-refractivity contribution in [1.29, 1.82) is 0 Å². The lowest BCUT2D eigenvalue weighted by atomic mass is 10.1. The average molecular weight is 377 g/mol. The molecule has 0 spiro atoms. The van der Waals surface area contributed by atoms with E-state index in [9.17, 15) is 18.0 Å². The highest BCUT2D eigenvalue weighted by atomic mass is 35.5. The van der Waals surface area contributed by atoms with Crippen molar-refractivity contribution in [2.24, 2.45) is 0 Å². The summed E-state index contributed by atoms with van der Waals surface area (Å²) in [5.41, 5.74) is -0.122. The molecule has 0 aliphatic carbocycles. The van der Waals surface area contributed by atoms with Crippen LogP contribution in [-0.4, -0.2) is 47.9 Å². The van der Waals surface area contributed by atoms with E-state index < -0.39 is 11.7 Å². The van der Waals surface area contributed by atoms with Crippen LogP contribution in [0, 0.1) is 0 Å². The van der Waals surface area contributed by atoms with Crippen LogP contribution in [0.2, 0.25) is 0 Å². The largest absolute Gasteiger partial charge is 0.416 e. The first kappa shape index (κ1) is 21.5. The summed E-state index contributed by atoms with van der Waals surface area (Å²) in [4.78, 5) is 16.3. The van der Waals surface area contributed by atoms with Crippen molar-refractivity contribution < 1.29 is 18.0 Å². The zero-order valence-corrected chi connectivity index (χ0v) is 15.4. The van der Waals surface area contributed by atoms with Gasteiger partial charge in [0.2, 0.25) is 5.91 Å². The quantitative estimate of drug-likeness (QED) is 0.739. The van der Waals surface area contributed by atoms with Crippen molar-refractivity contribution >= 4 is 24.4 Å². The van der Waals surface area contributed by atoms with Gasteiger partial charge in [0.05, 0.1) is 5.56 Å². The molecule has 7 heteroatoms. The number of halogens is 4. The van der Waals surface area contributed by atoms with Crippen molar-refractivity contribution in [1.82, 2.24) is 9.80 Å². The monoisotopic (exact) mass is 376 g/mol. The molecule has 1 aromatic rings. The molecule has 1 unspecified atom stereocenters. The third kappa shape index (κ3) is 5.75. The second-order valence-electron chi connectivity index (χ2n) is 6.43. The Labute approximate surface area is 152 Å². The lowest BCUT2D eigenvalue weighted by Crippen LogP contribution is -2.39. The molecule has 0 aromatic heterocycles. The number of carbonyl (C=O) groups is 1. The molecule has 3 nitrogen and oxygen atoms in total. The maximum atomic E-state index is 12.5. The predicted octanol–water partition coefficient (Wildman–Crippen LogP) is 4.08. The van der Waals surface area contributed by atoms with Gasteiger partial charge in [0.1, 0.15) is 0 Å². The van der Waals surface area contributed by atoms with Gasteiger partial charge in [0, 0.05) is 38.3 Å². The Hall–Kier alpha value is -1.53. The highest BCUT2D eigenvalue weighted by molar-refractivity contribution is 5.91. The zero-order valence-electron chi connectivity index (χ0n) is 14.6. The minimum Gasteiger partial charge on any atom is -0.338 e. The Kier molecular flexibility index (Phi) is 7.50. The molecule has 1 saturated heterocycles. The van der Waals surface area contributed by atoms with Crippen molar-refractivity contribution in [3.05, 3.63) is 41.5 Å². The van der Waals surface area contributed by atoms with Gasteiger partial charge < -0.3 is 4.90 Å². The van der Waals surface area contributed by atoms with Crippen LogP contribution in [0.3, 0.4) is 0 Å². The number of amides is 1. The summed E-state index contributed by atoms with van der Waals surface area (Å²) >= 11 is 0. The minimum absolute atomic E-state index is 0. The molecule has 1 aromatic carbocycles. The number of hydrogen-bond donors (Lipinski definition) is 0. The number of rotatable bonds is 4. The molecular formula is C18H24ClF3N2O. The Bertz CT molecular complexity index is 599. The molecule has 140 valence electrons. The standard InChI is InChI=1S/C18H23F3N2O.ClH/c1-13(2)23-11-10-16(12-23)22(3)17(24)9-6-14-4-7-15(8-5-14)18(19,20)21;/h4-9,13,16H,10-12H2,1-3H3;1H/b9-6+;. The molecule has 1 atom stereocenters. The van der Waals surface area contributed by atoms with Gasteiger partial charge in [-0.2, -0.15) is 13.2 Å². The van der Waals surface area contributed by atoms with Gasteiger partial charge in [-0.05, 0) is 44.0 Å². The van der Waals surface area contributed by atoms with E-state index in [4.69, 9.17) is 0 Å². The van der Waals surface area contributed by atoms with Crippen LogP contribution in [0.5, 0.6) is 0 Å². The van der Waals surface area contributed by atoms with Crippen LogP contribution < -0.4 is 0 Å². The molecule has 2 rings (SSSR count). The molecule has 1 aliphatic rings. The van der Waals surface area contributed by atoms with E-state index >= 15 is 0 Å². The van der Waals surface area contributed by atoms with Gasteiger partial charge in [-0.3, -0.25) is 9.69 Å². The molecule has 1 amide bonds. The summed E-state index contributed by atoms with van der Waals surface area (Å²) in [7, 11) is 1.77. The Balaban J connectivity index is 0.00000312. The highest BCUT2D eigenvalue weighted by Crippen LogP contribution is 2.29. The molecule has 0 N–H and O–H groups in total. The second kappa shape index (κ2) is 8.72. The van der Waals surface area contributed by atoms with Gasteiger partial charge in [0.25, 0.3) is 0 Å². The minimum atomic E-state index is -4.34. The number of hydrogen-bond acceptors (Lipinski definition) is 2. The highest BCUT2D eigenvalue weighted by Gasteiger charge is 2.30. The fraction of sp³-hybridized carbons (Fsp3) is 0.500. The number of likely N-dealkylation sites (N-methyl/N-ethyl adjacent to an activating group) is 1. The van der Waals surface area contributed by atoms with Crippen LogP contribution in [0.25, 0.3) is 6.08 Å². The summed E-state index contributed by atoms with van der Waals surface area (Å²) in [6, 6.07) is 5.40. The van der Waals surface area contributed by atoms with Gasteiger partial charge in [-0.25, -0.2) is 0 Å². The fourth-order valence-corrected chi connectivity index (χ4v) is 2.80. The Morgan fingerprint density at radius 2 is 1.88 bits per heavy atom. The lowest BCUT2D eigenvalue weighted by molar-refractivity contribution is -0.137. The second-order valence-corrected chi connectivity index (χ2v) is 6.43. The molecular weight excluding hydrogens is 353 g/mol. The van der Waals surface area contributed by atoms with Crippen LogP contribution in [0.1, 0.15) is 31.4 Å². The Morgan fingerprint density at radius 1 is 1.28 bits per heavy atom. The number of carbonyl (C=O) groups excluding carboxylic acids is 1. The van der Waals surface area contributed by atoms with E-state index in [1.165, 1.54) is 18.2 Å². The predicted molar refractivity (Wildman–Crippen MR) is 95.6 cm³/mol. The van der Waals surface area contributed by atoms with Crippen LogP contribution >= 0.6 is 12.4 Å². The van der Waals surface area contributed by atoms with Crippen LogP contribution in [-0.2, 0) is 11.0 Å². The number of nitrogens with zero attached hydrogens (tertiary/aromatic N) is 2. The number of likely N-dealkylation sites (tertiary alicyclic amines) is 1. The molecule has 1 fully saturated rings. The fourth-order valence-electron chi connectivity index (χ4n) is 2.80. The first-order valence-corrected chi connectivity index (χ1v) is 8.04. The van der Waals surface area contributed by atoms with Crippen molar-refractivity contribution in [2.45, 2.75) is 38.5 Å². The maximum Gasteiger partial charge on any atom is 0.416 e. The van der Waals surface area contributed by atoms with E-state index in [-0.39, 0.29) is 24.4 Å². The van der Waals surface area contributed by atoms with E-state index in [0.717, 1.165) is 31.6 Å². The molecule has 0 bridgehead atoms. The molecule has 1 aliphatic heterocycles. The lowest BCUT2D eigenvalue weighted by Gasteiger charge is -2.25. The molecule has 25 heavy (non-hydrogen) atoms. The van der Waals surface area contributed by atoms with Gasteiger partial charge in [0.15, 0.2) is 0 Å². The molecule has 1 heterocycles.